The number of hydrogen-bond acceptors (Lipinski definition) is 5. The topological polar surface area (TPSA) is 110 Å². The zero-order chi connectivity index (χ0) is 20.4. The molecule has 0 radical (unpaired) electrons. The Morgan fingerprint density at radius 1 is 1.15 bits per heavy atom. The number of nitrogens with one attached hydrogen (secondary N) is 1. The number of non-ortho nitro benzene ring substituents is 1. The molecule has 0 saturated carbocycles. The van der Waals surface area contributed by atoms with Crippen LogP contribution in [0.5, 0.6) is 0 Å². The summed E-state index contributed by atoms with van der Waals surface area (Å²) >= 11 is 0. The molecule has 0 fully saturated rings. The monoisotopic (exact) mass is 391 g/mol. The van der Waals surface area contributed by atoms with Gasteiger partial charge in [-0.15, -0.1) is 0 Å². The van der Waals surface area contributed by atoms with Gasteiger partial charge in [-0.2, -0.15) is 0 Å². The highest BCUT2D eigenvalue weighted by atomic mass is 32.2. The van der Waals surface area contributed by atoms with E-state index in [0.717, 1.165) is 33.3 Å². The van der Waals surface area contributed by atoms with Crippen molar-refractivity contribution < 1.29 is 18.1 Å². The van der Waals surface area contributed by atoms with Crippen molar-refractivity contribution in [1.82, 2.24) is 0 Å². The average Bonchev–Trinajstić information content (AvgIpc) is 2.55. The van der Waals surface area contributed by atoms with E-state index in [1.54, 1.807) is 0 Å². The lowest BCUT2D eigenvalue weighted by Gasteiger charge is -2.22. The summed E-state index contributed by atoms with van der Waals surface area (Å²) in [4.78, 5) is 22.8. The molecule has 0 aliphatic heterocycles. The Hall–Kier alpha value is -2.94. The summed E-state index contributed by atoms with van der Waals surface area (Å²) in [6.07, 6.45) is 0.946. The molecule has 8 nitrogen and oxygen atoms in total. The van der Waals surface area contributed by atoms with E-state index in [1.807, 2.05) is 32.9 Å². The highest BCUT2D eigenvalue weighted by molar-refractivity contribution is 7.92. The number of nitro benzene ring substituents is 1. The summed E-state index contributed by atoms with van der Waals surface area (Å²) in [5, 5.41) is 13.7. The molecule has 2 rings (SSSR count). The predicted molar refractivity (Wildman–Crippen MR) is 105 cm³/mol. The van der Waals surface area contributed by atoms with Crippen LogP contribution in [-0.2, 0) is 14.8 Å². The number of aryl methyl sites for hydroxylation is 3. The number of hydrogen-bond donors (Lipinski definition) is 1. The lowest BCUT2D eigenvalue weighted by molar-refractivity contribution is -0.384. The number of carbonyl (C=O) groups excluding carboxylic acids is 1. The van der Waals surface area contributed by atoms with E-state index in [0.29, 0.717) is 5.69 Å². The Balaban J connectivity index is 2.31. The molecule has 0 saturated heterocycles. The fraction of sp³-hybridized carbons (Fsp3) is 0.278. The van der Waals surface area contributed by atoms with Crippen molar-refractivity contribution in [1.29, 1.82) is 0 Å². The molecule has 0 spiro atoms. The lowest BCUT2D eigenvalue weighted by Crippen LogP contribution is -2.37. The van der Waals surface area contributed by atoms with Gasteiger partial charge in [0, 0.05) is 17.8 Å². The van der Waals surface area contributed by atoms with Crippen LogP contribution in [0.25, 0.3) is 0 Å². The first-order valence-corrected chi connectivity index (χ1v) is 9.93. The third-order valence-corrected chi connectivity index (χ3v) is 5.10. The molecule has 2 aromatic rings. The number of amides is 1. The molecule has 1 N–H and O–H groups in total. The highest BCUT2D eigenvalue weighted by Gasteiger charge is 2.23. The van der Waals surface area contributed by atoms with Crippen LogP contribution in [0.4, 0.5) is 17.1 Å². The fourth-order valence-electron chi connectivity index (χ4n) is 2.85. The number of benzene rings is 2. The van der Waals surface area contributed by atoms with Crippen molar-refractivity contribution in [2.45, 2.75) is 20.8 Å². The Bertz CT molecular complexity index is 979. The second-order valence-corrected chi connectivity index (χ2v) is 8.28. The van der Waals surface area contributed by atoms with Gasteiger partial charge in [-0.1, -0.05) is 23.8 Å². The first kappa shape index (κ1) is 20.4. The maximum Gasteiger partial charge on any atom is 0.271 e. The third-order valence-electron chi connectivity index (χ3n) is 3.96. The van der Waals surface area contributed by atoms with Crippen LogP contribution in [0.15, 0.2) is 36.4 Å². The van der Waals surface area contributed by atoms with Gasteiger partial charge in [0.05, 0.1) is 16.9 Å². The summed E-state index contributed by atoms with van der Waals surface area (Å²) in [6, 6.07) is 8.98. The number of carbonyl (C=O) groups is 1. The number of rotatable bonds is 6. The predicted octanol–water partition coefficient (Wildman–Crippen LogP) is 2.92. The first-order valence-electron chi connectivity index (χ1n) is 8.09. The normalized spacial score (nSPS) is 11.1. The zero-order valence-corrected chi connectivity index (χ0v) is 16.3. The summed E-state index contributed by atoms with van der Waals surface area (Å²) in [5.74, 6) is -0.540. The second-order valence-electron chi connectivity index (χ2n) is 6.37. The quantitative estimate of drug-likeness (QED) is 0.601. The van der Waals surface area contributed by atoms with E-state index in [4.69, 9.17) is 0 Å². The second kappa shape index (κ2) is 7.75. The SMILES string of the molecule is Cc1cc(C)c(NC(=O)CN(c2cccc([N+](=O)[O-])c2)S(C)(=O)=O)c(C)c1. The Morgan fingerprint density at radius 3 is 2.26 bits per heavy atom. The van der Waals surface area contributed by atoms with Crippen LogP contribution in [0.3, 0.4) is 0 Å². The van der Waals surface area contributed by atoms with Gasteiger partial charge in [0.25, 0.3) is 5.69 Å². The van der Waals surface area contributed by atoms with Gasteiger partial charge in [-0.25, -0.2) is 8.42 Å². The van der Waals surface area contributed by atoms with E-state index in [9.17, 15) is 23.3 Å². The number of nitro groups is 1. The lowest BCUT2D eigenvalue weighted by atomic mass is 10.1. The molecule has 9 heteroatoms. The molecular formula is C18H21N3O5S. The van der Waals surface area contributed by atoms with Crippen LogP contribution < -0.4 is 9.62 Å². The van der Waals surface area contributed by atoms with Crippen LogP contribution in [0.1, 0.15) is 16.7 Å². The molecule has 0 aliphatic rings. The molecule has 0 bridgehead atoms. The Morgan fingerprint density at radius 2 is 1.74 bits per heavy atom. The van der Waals surface area contributed by atoms with Gasteiger partial charge in [0.15, 0.2) is 0 Å². The molecule has 0 unspecified atom stereocenters. The van der Waals surface area contributed by atoms with Gasteiger partial charge in [-0.05, 0) is 38.0 Å². The first-order chi connectivity index (χ1) is 12.5. The van der Waals surface area contributed by atoms with Gasteiger partial charge in [0.1, 0.15) is 6.54 Å². The van der Waals surface area contributed by atoms with Crippen molar-refractivity contribution in [2.24, 2.45) is 0 Å². The highest BCUT2D eigenvalue weighted by Crippen LogP contribution is 2.24. The molecule has 0 aliphatic carbocycles. The van der Waals surface area contributed by atoms with Crippen molar-refractivity contribution in [3.8, 4) is 0 Å². The van der Waals surface area contributed by atoms with Crippen LogP contribution in [0.2, 0.25) is 0 Å². The Kier molecular flexibility index (Phi) is 5.85. The minimum atomic E-state index is -3.82. The minimum Gasteiger partial charge on any atom is -0.324 e. The number of nitrogens with zero attached hydrogens (tertiary/aromatic N) is 2. The van der Waals surface area contributed by atoms with E-state index in [1.165, 1.54) is 18.2 Å². The van der Waals surface area contributed by atoms with E-state index in [-0.39, 0.29) is 11.4 Å². The van der Waals surface area contributed by atoms with E-state index in [2.05, 4.69) is 5.32 Å². The van der Waals surface area contributed by atoms with Gasteiger partial charge in [0.2, 0.25) is 15.9 Å². The van der Waals surface area contributed by atoms with Crippen LogP contribution in [0, 0.1) is 30.9 Å². The molecule has 0 heterocycles. The summed E-state index contributed by atoms with van der Waals surface area (Å²) in [6.45, 7) is 5.15. The van der Waals surface area contributed by atoms with Crippen LogP contribution >= 0.6 is 0 Å². The van der Waals surface area contributed by atoms with Crippen molar-refractivity contribution >= 4 is 33.0 Å². The molecular weight excluding hydrogens is 370 g/mol. The summed E-state index contributed by atoms with van der Waals surface area (Å²) in [5.41, 5.74) is 3.20. The van der Waals surface area contributed by atoms with Gasteiger partial charge < -0.3 is 5.32 Å². The largest absolute Gasteiger partial charge is 0.324 e. The van der Waals surface area contributed by atoms with Crippen LogP contribution in [-0.4, -0.2) is 32.0 Å². The summed E-state index contributed by atoms with van der Waals surface area (Å²) in [7, 11) is -3.82. The summed E-state index contributed by atoms with van der Waals surface area (Å²) < 4.78 is 25.2. The maximum atomic E-state index is 12.5. The number of anilines is 2. The van der Waals surface area contributed by atoms with Crippen molar-refractivity contribution in [2.75, 3.05) is 22.4 Å². The van der Waals surface area contributed by atoms with Gasteiger partial charge in [-0.3, -0.25) is 19.2 Å². The van der Waals surface area contributed by atoms with Crippen molar-refractivity contribution in [3.05, 3.63) is 63.2 Å². The molecule has 0 aromatic heterocycles. The average molecular weight is 391 g/mol. The molecule has 1 amide bonds. The third kappa shape index (κ3) is 5.04. The number of sulfonamides is 1. The maximum absolute atomic E-state index is 12.5. The Labute approximate surface area is 158 Å². The van der Waals surface area contributed by atoms with Crippen molar-refractivity contribution in [3.63, 3.8) is 0 Å². The van der Waals surface area contributed by atoms with Gasteiger partial charge >= 0.3 is 0 Å². The molecule has 0 atom stereocenters. The molecule has 2 aromatic carbocycles. The fourth-order valence-corrected chi connectivity index (χ4v) is 3.70. The smallest absolute Gasteiger partial charge is 0.271 e. The van der Waals surface area contributed by atoms with E-state index >= 15 is 0 Å². The standard InChI is InChI=1S/C18H21N3O5S/c1-12-8-13(2)18(14(3)9-12)19-17(22)11-20(27(4,25)26)15-6-5-7-16(10-15)21(23)24/h5-10H,11H2,1-4H3,(H,19,22). The molecule has 27 heavy (non-hydrogen) atoms. The molecule has 144 valence electrons. The van der Waals surface area contributed by atoms with E-state index < -0.39 is 27.4 Å². The zero-order valence-electron chi connectivity index (χ0n) is 15.5. The minimum absolute atomic E-state index is 0.0548.